The van der Waals surface area contributed by atoms with Gasteiger partial charge in [-0.2, -0.15) is 0 Å². The number of ether oxygens (including phenoxy) is 1. The molecule has 0 amide bonds. The average Bonchev–Trinajstić information content (AvgIpc) is 2.84. The number of aryl methyl sites for hydroxylation is 1. The van der Waals surface area contributed by atoms with Gasteiger partial charge in [-0.15, -0.1) is 0 Å². The van der Waals surface area contributed by atoms with Crippen LogP contribution in [0.1, 0.15) is 24.4 Å². The normalized spacial score (nSPS) is 10.6. The molecule has 0 saturated heterocycles. The quantitative estimate of drug-likeness (QED) is 0.811. The molecule has 0 unspecified atom stereocenters. The van der Waals surface area contributed by atoms with Gasteiger partial charge in [-0.3, -0.25) is 0 Å². The topological polar surface area (TPSA) is 99.1 Å². The van der Waals surface area contributed by atoms with E-state index in [2.05, 4.69) is 20.3 Å². The SMILES string of the molecule is CCc1cnc(CNc2cc(N)nc(COC)n2)o1. The summed E-state index contributed by atoms with van der Waals surface area (Å²) < 4.78 is 10.5. The zero-order valence-corrected chi connectivity index (χ0v) is 11.0. The molecule has 0 aliphatic heterocycles. The second-order valence-electron chi connectivity index (χ2n) is 3.95. The van der Waals surface area contributed by atoms with Crippen molar-refractivity contribution in [3.63, 3.8) is 0 Å². The number of methoxy groups -OCH3 is 1. The lowest BCUT2D eigenvalue weighted by Crippen LogP contribution is -2.07. The molecule has 0 fully saturated rings. The monoisotopic (exact) mass is 263 g/mol. The molecule has 2 rings (SSSR count). The highest BCUT2D eigenvalue weighted by Gasteiger charge is 2.05. The van der Waals surface area contributed by atoms with Gasteiger partial charge < -0.3 is 20.2 Å². The van der Waals surface area contributed by atoms with Gasteiger partial charge in [-0.1, -0.05) is 6.92 Å². The third-order valence-corrected chi connectivity index (χ3v) is 2.44. The molecule has 7 heteroatoms. The van der Waals surface area contributed by atoms with E-state index in [4.69, 9.17) is 14.9 Å². The molecule has 0 radical (unpaired) electrons. The highest BCUT2D eigenvalue weighted by atomic mass is 16.5. The van der Waals surface area contributed by atoms with Crippen LogP contribution >= 0.6 is 0 Å². The number of nitrogen functional groups attached to an aromatic ring is 1. The maximum atomic E-state index is 5.70. The van der Waals surface area contributed by atoms with Gasteiger partial charge in [-0.05, 0) is 0 Å². The third kappa shape index (κ3) is 3.65. The van der Waals surface area contributed by atoms with Crippen molar-refractivity contribution in [1.82, 2.24) is 15.0 Å². The van der Waals surface area contributed by atoms with Crippen LogP contribution < -0.4 is 11.1 Å². The van der Waals surface area contributed by atoms with Crippen molar-refractivity contribution in [1.29, 1.82) is 0 Å². The van der Waals surface area contributed by atoms with Gasteiger partial charge in [-0.25, -0.2) is 15.0 Å². The van der Waals surface area contributed by atoms with Crippen LogP contribution in [0.25, 0.3) is 0 Å². The predicted molar refractivity (Wildman–Crippen MR) is 70.4 cm³/mol. The highest BCUT2D eigenvalue weighted by molar-refractivity contribution is 5.44. The zero-order valence-electron chi connectivity index (χ0n) is 11.0. The first-order valence-electron chi connectivity index (χ1n) is 6.01. The Morgan fingerprint density at radius 1 is 1.42 bits per heavy atom. The predicted octanol–water partition coefficient (Wildman–Crippen LogP) is 1.37. The van der Waals surface area contributed by atoms with Crippen molar-refractivity contribution in [2.45, 2.75) is 26.5 Å². The summed E-state index contributed by atoms with van der Waals surface area (Å²) in [6, 6.07) is 1.66. The number of oxazole rings is 1. The number of nitrogens with zero attached hydrogens (tertiary/aromatic N) is 3. The summed E-state index contributed by atoms with van der Waals surface area (Å²) in [5.74, 6) is 3.02. The Labute approximate surface area is 111 Å². The van der Waals surface area contributed by atoms with Gasteiger partial charge in [0.1, 0.15) is 24.0 Å². The van der Waals surface area contributed by atoms with Crippen molar-refractivity contribution in [3.05, 3.63) is 29.7 Å². The number of hydrogen-bond donors (Lipinski definition) is 2. The Kier molecular flexibility index (Phi) is 4.30. The molecule has 0 bridgehead atoms. The number of nitrogens with one attached hydrogen (secondary N) is 1. The smallest absolute Gasteiger partial charge is 0.213 e. The van der Waals surface area contributed by atoms with E-state index in [1.165, 1.54) is 0 Å². The van der Waals surface area contributed by atoms with E-state index in [1.54, 1.807) is 19.4 Å². The Morgan fingerprint density at radius 2 is 2.26 bits per heavy atom. The molecule has 3 N–H and O–H groups in total. The van der Waals surface area contributed by atoms with Gasteiger partial charge in [0.15, 0.2) is 5.82 Å². The molecule has 2 heterocycles. The van der Waals surface area contributed by atoms with E-state index in [9.17, 15) is 0 Å². The molecule has 0 aliphatic carbocycles. The molecule has 0 aromatic carbocycles. The molecule has 0 atom stereocenters. The van der Waals surface area contributed by atoms with Crippen LogP contribution in [0.5, 0.6) is 0 Å². The van der Waals surface area contributed by atoms with Crippen LogP contribution in [0.3, 0.4) is 0 Å². The molecular weight excluding hydrogens is 246 g/mol. The molecule has 7 nitrogen and oxygen atoms in total. The van der Waals surface area contributed by atoms with E-state index in [0.717, 1.165) is 12.2 Å². The first-order chi connectivity index (χ1) is 9.21. The first-order valence-corrected chi connectivity index (χ1v) is 6.01. The number of nitrogens with two attached hydrogens (primary N) is 1. The fraction of sp³-hybridized carbons (Fsp3) is 0.417. The van der Waals surface area contributed by atoms with Crippen molar-refractivity contribution >= 4 is 11.6 Å². The van der Waals surface area contributed by atoms with E-state index < -0.39 is 0 Å². The summed E-state index contributed by atoms with van der Waals surface area (Å²) in [5.41, 5.74) is 5.70. The number of rotatable bonds is 6. The molecule has 102 valence electrons. The standard InChI is InChI=1S/C12H17N5O2/c1-3-8-5-15-12(19-8)6-14-10-4-9(13)16-11(17-10)7-18-2/h4-5H,3,6-7H2,1-2H3,(H3,13,14,16,17). The van der Waals surface area contributed by atoms with Gasteiger partial charge in [0.25, 0.3) is 0 Å². The Hall–Kier alpha value is -2.15. The molecule has 0 spiro atoms. The number of hydrogen-bond acceptors (Lipinski definition) is 7. The third-order valence-electron chi connectivity index (χ3n) is 2.44. The van der Waals surface area contributed by atoms with Gasteiger partial charge >= 0.3 is 0 Å². The molecule has 0 saturated carbocycles. The van der Waals surface area contributed by atoms with Gasteiger partial charge in [0.05, 0.1) is 12.7 Å². The van der Waals surface area contributed by atoms with Crippen LogP contribution in [-0.2, 0) is 24.3 Å². The fourth-order valence-corrected chi connectivity index (χ4v) is 1.56. The number of anilines is 2. The van der Waals surface area contributed by atoms with Crippen molar-refractivity contribution < 1.29 is 9.15 Å². The van der Waals surface area contributed by atoms with Gasteiger partial charge in [0, 0.05) is 19.6 Å². The Bertz CT molecular complexity index is 541. The van der Waals surface area contributed by atoms with Crippen molar-refractivity contribution in [2.24, 2.45) is 0 Å². The van der Waals surface area contributed by atoms with Crippen LogP contribution in [-0.4, -0.2) is 22.1 Å². The second-order valence-corrected chi connectivity index (χ2v) is 3.95. The van der Waals surface area contributed by atoms with E-state index in [0.29, 0.717) is 36.5 Å². The maximum absolute atomic E-state index is 5.70. The Balaban J connectivity index is 2.02. The second kappa shape index (κ2) is 6.14. The largest absolute Gasteiger partial charge is 0.444 e. The molecule has 2 aromatic rings. The summed E-state index contributed by atoms with van der Waals surface area (Å²) in [6.45, 7) is 2.78. The summed E-state index contributed by atoms with van der Waals surface area (Å²) in [6.07, 6.45) is 2.55. The average molecular weight is 263 g/mol. The lowest BCUT2D eigenvalue weighted by molar-refractivity contribution is 0.178. The van der Waals surface area contributed by atoms with Crippen molar-refractivity contribution in [3.8, 4) is 0 Å². The number of aromatic nitrogens is 3. The summed E-state index contributed by atoms with van der Waals surface area (Å²) >= 11 is 0. The minimum atomic E-state index is 0.318. The van der Waals surface area contributed by atoms with E-state index in [-0.39, 0.29) is 0 Å². The maximum Gasteiger partial charge on any atom is 0.213 e. The summed E-state index contributed by atoms with van der Waals surface area (Å²) in [7, 11) is 1.58. The lowest BCUT2D eigenvalue weighted by atomic mass is 10.4. The van der Waals surface area contributed by atoms with Crippen LogP contribution in [0.15, 0.2) is 16.7 Å². The first kappa shape index (κ1) is 13.3. The van der Waals surface area contributed by atoms with E-state index >= 15 is 0 Å². The zero-order chi connectivity index (χ0) is 13.7. The fourth-order valence-electron chi connectivity index (χ4n) is 1.56. The molecule has 2 aromatic heterocycles. The van der Waals surface area contributed by atoms with Crippen LogP contribution in [0.4, 0.5) is 11.6 Å². The van der Waals surface area contributed by atoms with Crippen LogP contribution in [0, 0.1) is 0 Å². The molecule has 0 aliphatic rings. The van der Waals surface area contributed by atoms with Crippen molar-refractivity contribution in [2.75, 3.05) is 18.2 Å². The highest BCUT2D eigenvalue weighted by Crippen LogP contribution is 2.11. The van der Waals surface area contributed by atoms with E-state index in [1.807, 2.05) is 6.92 Å². The lowest BCUT2D eigenvalue weighted by Gasteiger charge is -2.06. The molecular formula is C12H17N5O2. The Morgan fingerprint density at radius 3 is 2.95 bits per heavy atom. The minimum Gasteiger partial charge on any atom is -0.444 e. The molecule has 19 heavy (non-hydrogen) atoms. The minimum absolute atomic E-state index is 0.318. The van der Waals surface area contributed by atoms with Gasteiger partial charge in [0.2, 0.25) is 5.89 Å². The van der Waals surface area contributed by atoms with Crippen LogP contribution in [0.2, 0.25) is 0 Å². The summed E-state index contributed by atoms with van der Waals surface area (Å²) in [4.78, 5) is 12.5. The summed E-state index contributed by atoms with van der Waals surface area (Å²) in [5, 5.41) is 3.10.